The minimum Gasteiger partial charge on any atom is -0.494 e. The van der Waals surface area contributed by atoms with Crippen LogP contribution in [0.3, 0.4) is 0 Å². The van der Waals surface area contributed by atoms with Gasteiger partial charge >= 0.3 is 0 Å². The summed E-state index contributed by atoms with van der Waals surface area (Å²) >= 11 is 0. The van der Waals surface area contributed by atoms with Crippen molar-refractivity contribution < 1.29 is 9.53 Å². The summed E-state index contributed by atoms with van der Waals surface area (Å²) in [6, 6.07) is 7.92. The molecule has 4 heteroatoms. The quantitative estimate of drug-likeness (QED) is 0.851. The first-order valence-electron chi connectivity index (χ1n) is 7.02. The highest BCUT2D eigenvalue weighted by Crippen LogP contribution is 2.14. The molecule has 0 aliphatic carbocycles. The lowest BCUT2D eigenvalue weighted by Crippen LogP contribution is -2.42. The van der Waals surface area contributed by atoms with Gasteiger partial charge in [0.15, 0.2) is 0 Å². The predicted octanol–water partition coefficient (Wildman–Crippen LogP) is 1.84. The van der Waals surface area contributed by atoms with E-state index in [2.05, 4.69) is 10.6 Å². The lowest BCUT2D eigenvalue weighted by molar-refractivity contribution is -0.122. The number of amides is 1. The van der Waals surface area contributed by atoms with Gasteiger partial charge in [0.2, 0.25) is 5.91 Å². The van der Waals surface area contributed by atoms with Crippen LogP contribution in [-0.2, 0) is 11.3 Å². The molecule has 4 nitrogen and oxygen atoms in total. The average Bonchev–Trinajstić information content (AvgIpc) is 2.62. The molecular formula is C15H22N2O2. The van der Waals surface area contributed by atoms with Crippen molar-refractivity contribution >= 4 is 5.91 Å². The fourth-order valence-corrected chi connectivity index (χ4v) is 2.29. The van der Waals surface area contributed by atoms with Gasteiger partial charge in [-0.05, 0) is 43.9 Å². The standard InChI is InChI=1S/C15H22N2O2/c1-2-19-13-7-5-6-12(10-13)11-17-14-8-3-4-9-16-15(14)18/h5-7,10,14,17H,2-4,8-9,11H2,1H3,(H,16,18). The molecule has 0 bridgehead atoms. The van der Waals surface area contributed by atoms with Gasteiger partial charge in [-0.15, -0.1) is 0 Å². The van der Waals surface area contributed by atoms with Gasteiger partial charge in [-0.3, -0.25) is 4.79 Å². The van der Waals surface area contributed by atoms with E-state index in [0.29, 0.717) is 13.2 Å². The summed E-state index contributed by atoms with van der Waals surface area (Å²) in [5, 5.41) is 6.27. The summed E-state index contributed by atoms with van der Waals surface area (Å²) in [6.45, 7) is 4.14. The van der Waals surface area contributed by atoms with Crippen molar-refractivity contribution in [1.29, 1.82) is 0 Å². The number of rotatable bonds is 5. The van der Waals surface area contributed by atoms with E-state index in [1.807, 2.05) is 31.2 Å². The maximum absolute atomic E-state index is 11.8. The Morgan fingerprint density at radius 2 is 2.32 bits per heavy atom. The van der Waals surface area contributed by atoms with Gasteiger partial charge in [-0.2, -0.15) is 0 Å². The van der Waals surface area contributed by atoms with Crippen LogP contribution in [0.2, 0.25) is 0 Å². The van der Waals surface area contributed by atoms with Gasteiger partial charge < -0.3 is 15.4 Å². The molecule has 1 saturated heterocycles. The van der Waals surface area contributed by atoms with Crippen LogP contribution in [0.5, 0.6) is 5.75 Å². The van der Waals surface area contributed by atoms with Crippen molar-refractivity contribution in [3.63, 3.8) is 0 Å². The van der Waals surface area contributed by atoms with E-state index in [4.69, 9.17) is 4.74 Å². The van der Waals surface area contributed by atoms with Crippen LogP contribution < -0.4 is 15.4 Å². The van der Waals surface area contributed by atoms with Crippen molar-refractivity contribution in [2.75, 3.05) is 13.2 Å². The van der Waals surface area contributed by atoms with E-state index in [9.17, 15) is 4.79 Å². The van der Waals surface area contributed by atoms with Gasteiger partial charge in [-0.25, -0.2) is 0 Å². The maximum atomic E-state index is 11.8. The van der Waals surface area contributed by atoms with Crippen LogP contribution in [0, 0.1) is 0 Å². The maximum Gasteiger partial charge on any atom is 0.237 e. The van der Waals surface area contributed by atoms with Crippen molar-refractivity contribution in [2.45, 2.75) is 38.8 Å². The summed E-state index contributed by atoms with van der Waals surface area (Å²) in [5.74, 6) is 1.01. The Hall–Kier alpha value is -1.55. The monoisotopic (exact) mass is 262 g/mol. The van der Waals surface area contributed by atoms with E-state index in [1.165, 1.54) is 0 Å². The Morgan fingerprint density at radius 1 is 1.42 bits per heavy atom. The molecule has 1 amide bonds. The molecule has 104 valence electrons. The van der Waals surface area contributed by atoms with Crippen LogP contribution >= 0.6 is 0 Å². The smallest absolute Gasteiger partial charge is 0.237 e. The Balaban J connectivity index is 1.90. The van der Waals surface area contributed by atoms with Crippen molar-refractivity contribution in [3.8, 4) is 5.75 Å². The SMILES string of the molecule is CCOc1cccc(CNC2CCCCNC2=O)c1. The van der Waals surface area contributed by atoms with Crippen LogP contribution in [0.15, 0.2) is 24.3 Å². The molecule has 0 saturated carbocycles. The van der Waals surface area contributed by atoms with Gasteiger partial charge in [0.1, 0.15) is 5.75 Å². The highest BCUT2D eigenvalue weighted by Gasteiger charge is 2.19. The van der Waals surface area contributed by atoms with E-state index < -0.39 is 0 Å². The number of carbonyl (C=O) groups is 1. The summed E-state index contributed by atoms with van der Waals surface area (Å²) < 4.78 is 5.47. The van der Waals surface area contributed by atoms with Crippen molar-refractivity contribution in [2.24, 2.45) is 0 Å². The molecule has 1 aromatic rings. The normalized spacial score (nSPS) is 19.6. The summed E-state index contributed by atoms with van der Waals surface area (Å²) in [7, 11) is 0. The van der Waals surface area contributed by atoms with Gasteiger partial charge in [-0.1, -0.05) is 12.1 Å². The first-order valence-corrected chi connectivity index (χ1v) is 7.02. The zero-order chi connectivity index (χ0) is 13.5. The van der Waals surface area contributed by atoms with E-state index in [1.54, 1.807) is 0 Å². The lowest BCUT2D eigenvalue weighted by Gasteiger charge is -2.15. The molecule has 1 aliphatic heterocycles. The molecule has 1 fully saturated rings. The number of hydrogen-bond acceptors (Lipinski definition) is 3. The third kappa shape index (κ3) is 4.24. The molecule has 2 rings (SSSR count). The highest BCUT2D eigenvalue weighted by atomic mass is 16.5. The molecule has 1 atom stereocenters. The zero-order valence-corrected chi connectivity index (χ0v) is 11.4. The average molecular weight is 262 g/mol. The van der Waals surface area contributed by atoms with Gasteiger partial charge in [0.25, 0.3) is 0 Å². The highest BCUT2D eigenvalue weighted by molar-refractivity contribution is 5.81. The minimum atomic E-state index is -0.0711. The Bertz CT molecular complexity index is 420. The summed E-state index contributed by atoms with van der Waals surface area (Å²) in [5.41, 5.74) is 1.14. The predicted molar refractivity (Wildman–Crippen MR) is 75.1 cm³/mol. The van der Waals surface area contributed by atoms with Crippen LogP contribution in [0.1, 0.15) is 31.7 Å². The molecule has 1 aromatic carbocycles. The number of hydrogen-bond donors (Lipinski definition) is 2. The lowest BCUT2D eigenvalue weighted by atomic mass is 10.1. The first kappa shape index (κ1) is 13.9. The third-order valence-corrected chi connectivity index (χ3v) is 3.30. The van der Waals surface area contributed by atoms with Crippen molar-refractivity contribution in [3.05, 3.63) is 29.8 Å². The molecule has 1 heterocycles. The van der Waals surface area contributed by atoms with Gasteiger partial charge in [0.05, 0.1) is 12.6 Å². The van der Waals surface area contributed by atoms with E-state index in [0.717, 1.165) is 37.1 Å². The number of benzene rings is 1. The molecule has 0 aromatic heterocycles. The minimum absolute atomic E-state index is 0.0711. The fourth-order valence-electron chi connectivity index (χ4n) is 2.29. The largest absolute Gasteiger partial charge is 0.494 e. The van der Waals surface area contributed by atoms with Crippen LogP contribution in [0.4, 0.5) is 0 Å². The Morgan fingerprint density at radius 3 is 3.16 bits per heavy atom. The number of nitrogens with one attached hydrogen (secondary N) is 2. The molecule has 1 unspecified atom stereocenters. The molecule has 0 spiro atoms. The zero-order valence-electron chi connectivity index (χ0n) is 11.4. The van der Waals surface area contributed by atoms with Crippen molar-refractivity contribution in [1.82, 2.24) is 10.6 Å². The second-order valence-electron chi connectivity index (χ2n) is 4.80. The van der Waals surface area contributed by atoms with Crippen LogP contribution in [0.25, 0.3) is 0 Å². The summed E-state index contributed by atoms with van der Waals surface area (Å²) in [4.78, 5) is 11.8. The molecule has 1 aliphatic rings. The number of ether oxygens (including phenoxy) is 1. The second kappa shape index (κ2) is 7.14. The molecule has 2 N–H and O–H groups in total. The third-order valence-electron chi connectivity index (χ3n) is 3.30. The van der Waals surface area contributed by atoms with E-state index in [-0.39, 0.29) is 11.9 Å². The second-order valence-corrected chi connectivity index (χ2v) is 4.80. The molecule has 0 radical (unpaired) electrons. The Labute approximate surface area is 114 Å². The van der Waals surface area contributed by atoms with Crippen LogP contribution in [-0.4, -0.2) is 25.1 Å². The Kier molecular flexibility index (Phi) is 5.21. The molecule has 19 heavy (non-hydrogen) atoms. The van der Waals surface area contributed by atoms with E-state index >= 15 is 0 Å². The number of carbonyl (C=O) groups excluding carboxylic acids is 1. The molecular weight excluding hydrogens is 240 g/mol. The van der Waals surface area contributed by atoms with Gasteiger partial charge in [0, 0.05) is 13.1 Å². The first-order chi connectivity index (χ1) is 9.29. The summed E-state index contributed by atoms with van der Waals surface area (Å²) in [6.07, 6.45) is 3.08. The fraction of sp³-hybridized carbons (Fsp3) is 0.533. The topological polar surface area (TPSA) is 50.4 Å².